The second kappa shape index (κ2) is 37.6. The summed E-state index contributed by atoms with van der Waals surface area (Å²) in [4.78, 5) is 49.9. The predicted molar refractivity (Wildman–Crippen MR) is 328 cm³/mol. The molecule has 12 unspecified atom stereocenters. The Morgan fingerprint density at radius 1 is 0.517 bits per heavy atom. The van der Waals surface area contributed by atoms with Crippen LogP contribution in [0.2, 0.25) is 0 Å². The van der Waals surface area contributed by atoms with Crippen molar-refractivity contribution >= 4 is 69.9 Å². The molecule has 0 aliphatic heterocycles. The van der Waals surface area contributed by atoms with Gasteiger partial charge in [-0.3, -0.25) is 0 Å². The first-order valence-electron chi connectivity index (χ1n) is 27.7. The Kier molecular flexibility index (Phi) is 34.4. The van der Waals surface area contributed by atoms with E-state index in [2.05, 4.69) is 52.4 Å². The average Bonchev–Trinajstić information content (AvgIpc) is 1.20. The van der Waals surface area contributed by atoms with E-state index in [0.29, 0.717) is 61.8 Å². The standard InChI is InChI=1S/C15H26N2O5S.C14H24N2O5S.C12H22N4O5S.C12H22N2O5S/c1-6-7-22-13-9-11(15(18)21-4)8-12(16-10(2)3)14(13)17-23(5,19)20;1-5-6-21-12-8-10(14(17)18)7-11(15-9(2)3)13(12)16-22(4,19)20;1-3-4-21-9-6-7(11(17)18)5-8(15-12(13)14)10(9)16-22(2,19)20;1-4-5-19-10-7-8(12(15)18-2)6-9(13)11(10)14-20(3,16)17/h9,12-14,16-17H,2,6-8H2,1,3-5H3;8,11-13,15-16H,2,5-7H2,1,3-4H3,(H,17,18);6,8-10,16H,3-5H2,1-2H3,(H,17,18)(H4,13,14,15);7,9-11,14H,4-6,13H2,1-3H3. The quantitative estimate of drug-likeness (QED) is 0.0257. The summed E-state index contributed by atoms with van der Waals surface area (Å²) < 4.78 is 135. The van der Waals surface area contributed by atoms with Gasteiger partial charge in [-0.05, 0) is 70.3 Å². The molecule has 0 saturated carbocycles. The number of sulfonamides is 4. The van der Waals surface area contributed by atoms with Crippen LogP contribution in [0.15, 0.2) is 76.1 Å². The van der Waals surface area contributed by atoms with Gasteiger partial charge in [-0.25, -0.2) is 76.7 Å². The summed E-state index contributed by atoms with van der Waals surface area (Å²) in [5.41, 5.74) is 19.2. The largest absolute Gasteiger partial charge is 0.478 e. The molecule has 0 radical (unpaired) electrons. The van der Waals surface area contributed by atoms with Gasteiger partial charge in [0.15, 0.2) is 5.96 Å². The van der Waals surface area contributed by atoms with Crippen LogP contribution in [-0.4, -0.2) is 212 Å². The molecule has 0 spiro atoms. The maximum Gasteiger partial charge on any atom is 0.333 e. The second-order valence-corrected chi connectivity index (χ2v) is 28.2. The third-order valence-corrected chi connectivity index (χ3v) is 15.3. The van der Waals surface area contributed by atoms with Crippen LogP contribution in [0.3, 0.4) is 0 Å². The number of aliphatic imine (C=N–C) groups is 1. The normalized spacial score (nSPS) is 25.6. The van der Waals surface area contributed by atoms with E-state index in [9.17, 15) is 63.1 Å². The summed E-state index contributed by atoms with van der Waals surface area (Å²) >= 11 is 0. The van der Waals surface area contributed by atoms with Gasteiger partial charge in [0.05, 0.1) is 93.9 Å². The molecule has 4 rings (SSSR count). The van der Waals surface area contributed by atoms with Crippen LogP contribution in [0.25, 0.3) is 0 Å². The lowest BCUT2D eigenvalue weighted by Crippen LogP contribution is -2.57. The molecule has 0 fully saturated rings. The Bertz CT molecular complexity index is 2950. The van der Waals surface area contributed by atoms with Gasteiger partial charge in [-0.2, -0.15) is 0 Å². The molecule has 0 aromatic heterocycles. The maximum atomic E-state index is 11.9. The Hall–Kier alpha value is -5.37. The van der Waals surface area contributed by atoms with Gasteiger partial charge in [0.1, 0.15) is 0 Å². The minimum absolute atomic E-state index is 0.00635. The average molecular weight is 1320 g/mol. The van der Waals surface area contributed by atoms with Crippen molar-refractivity contribution in [2.24, 2.45) is 22.2 Å². The highest BCUT2D eigenvalue weighted by atomic mass is 32.2. The zero-order valence-corrected chi connectivity index (χ0v) is 55.0. The minimum Gasteiger partial charge on any atom is -0.478 e. The van der Waals surface area contributed by atoms with Gasteiger partial charge in [0.25, 0.3) is 0 Å². The number of allylic oxidation sites excluding steroid dienone is 2. The molecule has 0 bridgehead atoms. The van der Waals surface area contributed by atoms with E-state index in [4.69, 9.17) is 40.9 Å². The highest BCUT2D eigenvalue weighted by Gasteiger charge is 2.41. The number of nitrogens with one attached hydrogen (secondary N) is 6. The van der Waals surface area contributed by atoms with Crippen LogP contribution in [-0.2, 0) is 87.7 Å². The molecule has 500 valence electrons. The molecule has 30 nitrogen and oxygen atoms in total. The van der Waals surface area contributed by atoms with Crippen LogP contribution in [0.1, 0.15) is 92.9 Å². The second-order valence-electron chi connectivity index (χ2n) is 21.0. The first kappa shape index (κ1) is 79.6. The van der Waals surface area contributed by atoms with E-state index < -0.39 is 131 Å². The SMILES string of the molecule is C=C(C)NC1CC(C(=O)O)=CC(OCCC)C1NS(C)(=O)=O.C=C(C)NC1CC(C(=O)OC)=CC(OCCC)C1NS(C)(=O)=O.CCCOC1C=C(C(=O)O)CC(N=C(N)N)C1NS(C)(=O)=O.CCCOC1C=C(C(=O)OC)CC(N)C1NS(C)(=O)=O. The number of rotatable bonds is 29. The van der Waals surface area contributed by atoms with Crippen molar-refractivity contribution in [3.63, 3.8) is 0 Å². The molecule has 34 heteroatoms. The topological polar surface area (TPSA) is 463 Å². The zero-order chi connectivity index (χ0) is 66.8. The number of nitrogens with two attached hydrogens (primary N) is 3. The first-order valence-corrected chi connectivity index (χ1v) is 35.3. The summed E-state index contributed by atoms with van der Waals surface area (Å²) in [5.74, 6) is -3.30. The van der Waals surface area contributed by atoms with Crippen molar-refractivity contribution in [2.45, 2.75) is 166 Å². The van der Waals surface area contributed by atoms with Crippen molar-refractivity contribution < 1.29 is 91.5 Å². The molecular formula is C53H94N10O20S4. The molecule has 0 saturated heterocycles. The number of carbonyl (C=O) groups excluding carboxylic acids is 2. The fraction of sp³-hybridized carbons (Fsp3) is 0.679. The number of nitrogens with zero attached hydrogens (tertiary/aromatic N) is 1. The van der Waals surface area contributed by atoms with Crippen LogP contribution < -0.4 is 46.7 Å². The summed E-state index contributed by atoms with van der Waals surface area (Å²) in [6.45, 7) is 20.4. The van der Waals surface area contributed by atoms with E-state index in [1.165, 1.54) is 26.4 Å². The molecule has 14 N–H and O–H groups in total. The summed E-state index contributed by atoms with van der Waals surface area (Å²) in [6, 6.07) is -4.60. The molecule has 0 aromatic carbocycles. The highest BCUT2D eigenvalue weighted by Crippen LogP contribution is 2.28. The van der Waals surface area contributed by atoms with Gasteiger partial charge in [0.2, 0.25) is 40.1 Å². The molecule has 87 heavy (non-hydrogen) atoms. The monoisotopic (exact) mass is 1320 g/mol. The smallest absolute Gasteiger partial charge is 0.333 e. The number of esters is 2. The van der Waals surface area contributed by atoms with Crippen molar-refractivity contribution in [2.75, 3.05) is 65.7 Å². The van der Waals surface area contributed by atoms with Crippen molar-refractivity contribution in [1.82, 2.24) is 29.5 Å². The van der Waals surface area contributed by atoms with E-state index in [-0.39, 0.29) is 42.4 Å². The highest BCUT2D eigenvalue weighted by molar-refractivity contribution is 7.89. The van der Waals surface area contributed by atoms with Crippen molar-refractivity contribution in [1.29, 1.82) is 0 Å². The third kappa shape index (κ3) is 31.1. The van der Waals surface area contributed by atoms with Crippen molar-refractivity contribution in [3.8, 4) is 0 Å². The third-order valence-electron chi connectivity index (χ3n) is 12.5. The molecule has 0 aromatic rings. The number of hydrogen-bond acceptors (Lipinski definition) is 22. The Balaban J connectivity index is 0.000000581. The number of carbonyl (C=O) groups is 4. The number of guanidine groups is 1. The molecule has 0 heterocycles. The van der Waals surface area contributed by atoms with E-state index >= 15 is 0 Å². The number of carboxylic acid groups (broad SMARTS) is 2. The minimum atomic E-state index is -3.55. The van der Waals surface area contributed by atoms with E-state index in [1.807, 2.05) is 27.7 Å². The van der Waals surface area contributed by atoms with Crippen molar-refractivity contribution in [3.05, 3.63) is 71.1 Å². The number of hydrogen-bond donors (Lipinski definition) is 11. The summed E-state index contributed by atoms with van der Waals surface area (Å²) in [5, 5.41) is 24.6. The predicted octanol–water partition coefficient (Wildman–Crippen LogP) is -0.414. The number of aliphatic carboxylic acids is 2. The van der Waals surface area contributed by atoms with Gasteiger partial charge >= 0.3 is 23.9 Å². The van der Waals surface area contributed by atoms with Gasteiger partial charge in [-0.1, -0.05) is 40.9 Å². The van der Waals surface area contributed by atoms with Crippen LogP contribution in [0.4, 0.5) is 0 Å². The van der Waals surface area contributed by atoms with Crippen LogP contribution in [0, 0.1) is 0 Å². The molecule has 4 aliphatic rings. The first-order chi connectivity index (χ1) is 40.2. The van der Waals surface area contributed by atoms with Gasteiger partial charge in [0, 0.05) is 97.5 Å². The molecular weight excluding hydrogens is 1220 g/mol. The van der Waals surface area contributed by atoms with Crippen LogP contribution >= 0.6 is 0 Å². The molecule has 4 aliphatic carbocycles. The Labute approximate surface area is 513 Å². The maximum absolute atomic E-state index is 11.9. The van der Waals surface area contributed by atoms with E-state index in [0.717, 1.165) is 44.3 Å². The Morgan fingerprint density at radius 3 is 1.11 bits per heavy atom. The molecule has 12 atom stereocenters. The fourth-order valence-electron chi connectivity index (χ4n) is 9.19. The summed E-state index contributed by atoms with van der Waals surface area (Å²) in [7, 11) is -11.3. The lowest BCUT2D eigenvalue weighted by atomic mass is 9.88. The number of ether oxygens (including phenoxy) is 6. The lowest BCUT2D eigenvalue weighted by Gasteiger charge is -2.37. The molecule has 0 amide bonds. The zero-order valence-electron chi connectivity index (χ0n) is 51.7. The van der Waals surface area contributed by atoms with E-state index in [1.54, 1.807) is 26.0 Å². The summed E-state index contributed by atoms with van der Waals surface area (Å²) in [6.07, 6.45) is 11.6. The Morgan fingerprint density at radius 2 is 0.805 bits per heavy atom. The lowest BCUT2D eigenvalue weighted by molar-refractivity contribution is -0.137. The van der Waals surface area contributed by atoms with Gasteiger partial charge < -0.3 is 66.5 Å². The van der Waals surface area contributed by atoms with Gasteiger partial charge in [-0.15, -0.1) is 0 Å². The number of carboxylic acids is 2. The fourth-order valence-corrected chi connectivity index (χ4v) is 12.4. The van der Waals surface area contributed by atoms with Crippen LogP contribution in [0.5, 0.6) is 0 Å². The number of methoxy groups -OCH3 is 2.